The summed E-state index contributed by atoms with van der Waals surface area (Å²) in [6.45, 7) is -0.0634. The lowest BCUT2D eigenvalue weighted by Gasteiger charge is -2.35. The molecule has 0 bridgehead atoms. The minimum Gasteiger partial charge on any atom is -0.497 e. The van der Waals surface area contributed by atoms with Crippen LogP contribution in [0, 0.1) is 0 Å². The van der Waals surface area contributed by atoms with Gasteiger partial charge in [0.2, 0.25) is 0 Å². The molecular weight excluding hydrogens is 266 g/mol. The van der Waals surface area contributed by atoms with E-state index in [1.165, 1.54) is 0 Å². The van der Waals surface area contributed by atoms with Crippen molar-refractivity contribution in [1.29, 1.82) is 0 Å². The van der Waals surface area contributed by atoms with Gasteiger partial charge in [-0.25, -0.2) is 0 Å². The van der Waals surface area contributed by atoms with Crippen LogP contribution in [0.3, 0.4) is 0 Å². The van der Waals surface area contributed by atoms with Gasteiger partial charge in [-0.15, -0.1) is 0 Å². The van der Waals surface area contributed by atoms with Crippen LogP contribution in [0.25, 0.3) is 0 Å². The van der Waals surface area contributed by atoms with Crippen LogP contribution in [0.5, 0.6) is 5.75 Å². The highest BCUT2D eigenvalue weighted by molar-refractivity contribution is 6.08. The largest absolute Gasteiger partial charge is 0.497 e. The maximum absolute atomic E-state index is 12.7. The summed E-state index contributed by atoms with van der Waals surface area (Å²) in [6.07, 6.45) is 0.657. The van der Waals surface area contributed by atoms with Crippen LogP contribution < -0.4 is 9.64 Å². The number of rotatable bonds is 3. The molecule has 1 atom stereocenters. The van der Waals surface area contributed by atoms with Crippen molar-refractivity contribution in [2.45, 2.75) is 12.5 Å². The second-order valence-electron chi connectivity index (χ2n) is 5.07. The molecule has 1 aliphatic heterocycles. The van der Waals surface area contributed by atoms with E-state index in [1.807, 2.05) is 48.5 Å². The Labute approximate surface area is 123 Å². The number of ether oxygens (including phenoxy) is 1. The molecule has 0 aliphatic carbocycles. The number of aliphatic hydroxyl groups is 1. The SMILES string of the molecule is COc1ccc(N2C(=O)c3ccccc3CC2CO)cc1. The van der Waals surface area contributed by atoms with Crippen molar-refractivity contribution in [3.05, 3.63) is 59.7 Å². The molecule has 4 heteroatoms. The van der Waals surface area contributed by atoms with E-state index in [-0.39, 0.29) is 18.6 Å². The molecule has 0 fully saturated rings. The van der Waals surface area contributed by atoms with Gasteiger partial charge in [-0.2, -0.15) is 0 Å². The summed E-state index contributed by atoms with van der Waals surface area (Å²) in [4.78, 5) is 14.4. The van der Waals surface area contributed by atoms with E-state index in [9.17, 15) is 9.90 Å². The van der Waals surface area contributed by atoms with Gasteiger partial charge in [0.15, 0.2) is 0 Å². The number of carbonyl (C=O) groups excluding carboxylic acids is 1. The van der Waals surface area contributed by atoms with Crippen LogP contribution >= 0.6 is 0 Å². The zero-order valence-electron chi connectivity index (χ0n) is 11.8. The van der Waals surface area contributed by atoms with E-state index in [0.29, 0.717) is 12.0 Å². The third-order valence-corrected chi connectivity index (χ3v) is 3.85. The number of amides is 1. The summed E-state index contributed by atoms with van der Waals surface area (Å²) in [5.41, 5.74) is 2.47. The Kier molecular flexibility index (Phi) is 3.62. The second-order valence-corrected chi connectivity index (χ2v) is 5.07. The zero-order valence-corrected chi connectivity index (χ0v) is 11.8. The van der Waals surface area contributed by atoms with Gasteiger partial charge in [0.1, 0.15) is 5.75 Å². The minimum absolute atomic E-state index is 0.0634. The van der Waals surface area contributed by atoms with Crippen molar-refractivity contribution in [2.24, 2.45) is 0 Å². The van der Waals surface area contributed by atoms with E-state index in [4.69, 9.17) is 4.74 Å². The molecule has 1 unspecified atom stereocenters. The molecule has 0 saturated carbocycles. The summed E-state index contributed by atoms with van der Waals surface area (Å²) < 4.78 is 5.14. The van der Waals surface area contributed by atoms with Crippen molar-refractivity contribution >= 4 is 11.6 Å². The maximum Gasteiger partial charge on any atom is 0.258 e. The van der Waals surface area contributed by atoms with Crippen molar-refractivity contribution in [2.75, 3.05) is 18.6 Å². The van der Waals surface area contributed by atoms with E-state index < -0.39 is 0 Å². The first-order valence-corrected chi connectivity index (χ1v) is 6.91. The summed E-state index contributed by atoms with van der Waals surface area (Å²) in [6, 6.07) is 14.6. The predicted molar refractivity (Wildman–Crippen MR) is 80.8 cm³/mol. The van der Waals surface area contributed by atoms with Crippen LogP contribution in [0.2, 0.25) is 0 Å². The molecule has 0 aromatic heterocycles. The molecule has 21 heavy (non-hydrogen) atoms. The van der Waals surface area contributed by atoms with Gasteiger partial charge in [-0.05, 0) is 42.3 Å². The molecule has 0 saturated heterocycles. The topological polar surface area (TPSA) is 49.8 Å². The summed E-state index contributed by atoms with van der Waals surface area (Å²) >= 11 is 0. The quantitative estimate of drug-likeness (QED) is 0.940. The molecule has 2 aromatic carbocycles. The average Bonchev–Trinajstić information content (AvgIpc) is 2.55. The van der Waals surface area contributed by atoms with Crippen molar-refractivity contribution < 1.29 is 14.6 Å². The molecule has 1 heterocycles. The first-order chi connectivity index (χ1) is 10.2. The van der Waals surface area contributed by atoms with Crippen LogP contribution in [0.15, 0.2) is 48.5 Å². The van der Waals surface area contributed by atoms with Crippen LogP contribution in [-0.2, 0) is 6.42 Å². The summed E-state index contributed by atoms with van der Waals surface area (Å²) in [7, 11) is 1.60. The number of aliphatic hydroxyl groups excluding tert-OH is 1. The molecular formula is C17H17NO3. The predicted octanol–water partition coefficient (Wildman–Crippen LogP) is 2.26. The van der Waals surface area contributed by atoms with Gasteiger partial charge < -0.3 is 14.7 Å². The Morgan fingerprint density at radius 2 is 1.90 bits per heavy atom. The van der Waals surface area contributed by atoms with Gasteiger partial charge in [-0.3, -0.25) is 4.79 Å². The molecule has 4 nitrogen and oxygen atoms in total. The molecule has 1 N–H and O–H groups in total. The van der Waals surface area contributed by atoms with E-state index in [2.05, 4.69) is 0 Å². The minimum atomic E-state index is -0.235. The van der Waals surface area contributed by atoms with E-state index in [0.717, 1.165) is 17.0 Å². The van der Waals surface area contributed by atoms with Crippen molar-refractivity contribution in [3.8, 4) is 5.75 Å². The first kappa shape index (κ1) is 13.6. The van der Waals surface area contributed by atoms with Crippen molar-refractivity contribution in [1.82, 2.24) is 0 Å². The normalized spacial score (nSPS) is 17.5. The molecule has 108 valence electrons. The van der Waals surface area contributed by atoms with E-state index in [1.54, 1.807) is 12.0 Å². The van der Waals surface area contributed by atoms with Gasteiger partial charge >= 0.3 is 0 Å². The highest BCUT2D eigenvalue weighted by Gasteiger charge is 2.32. The van der Waals surface area contributed by atoms with Gasteiger partial charge in [0.25, 0.3) is 5.91 Å². The van der Waals surface area contributed by atoms with Crippen LogP contribution in [0.1, 0.15) is 15.9 Å². The Hall–Kier alpha value is -2.33. The van der Waals surface area contributed by atoms with Gasteiger partial charge in [-0.1, -0.05) is 18.2 Å². The molecule has 1 aliphatic rings. The Bertz CT molecular complexity index is 651. The molecule has 2 aromatic rings. The zero-order chi connectivity index (χ0) is 14.8. The van der Waals surface area contributed by atoms with Crippen molar-refractivity contribution in [3.63, 3.8) is 0 Å². The fraction of sp³-hybridized carbons (Fsp3) is 0.235. The lowest BCUT2D eigenvalue weighted by Crippen LogP contribution is -2.47. The molecule has 1 amide bonds. The Morgan fingerprint density at radius 3 is 2.57 bits per heavy atom. The monoisotopic (exact) mass is 283 g/mol. The number of methoxy groups -OCH3 is 1. The van der Waals surface area contributed by atoms with Gasteiger partial charge in [0, 0.05) is 11.3 Å². The number of anilines is 1. The smallest absolute Gasteiger partial charge is 0.258 e. The van der Waals surface area contributed by atoms with E-state index >= 15 is 0 Å². The summed E-state index contributed by atoms with van der Waals surface area (Å²) in [5.74, 6) is 0.672. The number of hydrogen-bond acceptors (Lipinski definition) is 3. The first-order valence-electron chi connectivity index (χ1n) is 6.91. The number of fused-ring (bicyclic) bond motifs is 1. The summed E-state index contributed by atoms with van der Waals surface area (Å²) in [5, 5.41) is 9.65. The number of nitrogens with zero attached hydrogens (tertiary/aromatic N) is 1. The standard InChI is InChI=1S/C17H17NO3/c1-21-15-8-6-13(7-9-15)18-14(11-19)10-12-4-2-3-5-16(12)17(18)20/h2-9,14,19H,10-11H2,1H3. The highest BCUT2D eigenvalue weighted by Crippen LogP contribution is 2.29. The number of benzene rings is 2. The fourth-order valence-corrected chi connectivity index (χ4v) is 2.76. The highest BCUT2D eigenvalue weighted by atomic mass is 16.5. The molecule has 3 rings (SSSR count). The number of carbonyl (C=O) groups is 1. The van der Waals surface area contributed by atoms with Gasteiger partial charge in [0.05, 0.1) is 19.8 Å². The lowest BCUT2D eigenvalue weighted by molar-refractivity contribution is 0.0951. The van der Waals surface area contributed by atoms with Crippen LogP contribution in [0.4, 0.5) is 5.69 Å². The number of hydrogen-bond donors (Lipinski definition) is 1. The lowest BCUT2D eigenvalue weighted by atomic mass is 9.93. The Balaban J connectivity index is 2.01. The third kappa shape index (κ3) is 2.38. The average molecular weight is 283 g/mol. The third-order valence-electron chi connectivity index (χ3n) is 3.85. The molecule has 0 spiro atoms. The van der Waals surface area contributed by atoms with Crippen LogP contribution in [-0.4, -0.2) is 30.8 Å². The maximum atomic E-state index is 12.7. The molecule has 0 radical (unpaired) electrons. The Morgan fingerprint density at radius 1 is 1.19 bits per heavy atom. The second kappa shape index (κ2) is 5.58. The fourth-order valence-electron chi connectivity index (χ4n) is 2.76.